The molecule has 0 bridgehead atoms. The highest BCUT2D eigenvalue weighted by Crippen LogP contribution is 2.28. The zero-order valence-electron chi connectivity index (χ0n) is 15.3. The molecule has 0 fully saturated rings. The quantitative estimate of drug-likeness (QED) is 0.352. The second-order valence-corrected chi connectivity index (χ2v) is 6.72. The first-order valence-electron chi connectivity index (χ1n) is 8.61. The van der Waals surface area contributed by atoms with E-state index in [9.17, 15) is 19.2 Å². The Labute approximate surface area is 156 Å². The van der Waals surface area contributed by atoms with Gasteiger partial charge in [0, 0.05) is 5.56 Å². The fourth-order valence-electron chi connectivity index (χ4n) is 3.07. The number of hydrogen-bond acceptors (Lipinski definition) is 5. The maximum Gasteiger partial charge on any atom is 0.335 e. The van der Waals surface area contributed by atoms with Crippen molar-refractivity contribution in [3.63, 3.8) is 0 Å². The second-order valence-electron chi connectivity index (χ2n) is 6.72. The Morgan fingerprint density at radius 3 is 1.85 bits per heavy atom. The first-order valence-corrected chi connectivity index (χ1v) is 8.61. The summed E-state index contributed by atoms with van der Waals surface area (Å²) >= 11 is 0. The minimum atomic E-state index is -1.05. The molecule has 138 valence electrons. The summed E-state index contributed by atoms with van der Waals surface area (Å²) in [5, 5.41) is 0. The topological polar surface area (TPSA) is 80.8 Å². The monoisotopic (exact) mass is 365 g/mol. The lowest BCUT2D eigenvalue weighted by Crippen LogP contribution is -2.49. The van der Waals surface area contributed by atoms with Crippen molar-refractivity contribution in [2.75, 3.05) is 0 Å². The number of rotatable bonds is 5. The maximum absolute atomic E-state index is 12.8. The lowest BCUT2D eigenvalue weighted by molar-refractivity contribution is -0.140. The van der Waals surface area contributed by atoms with E-state index in [1.807, 2.05) is 0 Å². The number of nitrogens with zero attached hydrogens (tertiary/aromatic N) is 1. The van der Waals surface area contributed by atoms with E-state index in [1.165, 1.54) is 19.1 Å². The molecule has 1 atom stereocenters. The first kappa shape index (κ1) is 18.5. The number of esters is 1. The summed E-state index contributed by atoms with van der Waals surface area (Å²) in [5.41, 5.74) is 1.06. The summed E-state index contributed by atoms with van der Waals surface area (Å²) in [6.45, 7) is 4.93. The minimum absolute atomic E-state index is 0.0982. The molecule has 6 nitrogen and oxygen atoms in total. The van der Waals surface area contributed by atoms with Gasteiger partial charge in [0.05, 0.1) is 11.1 Å². The zero-order valence-corrected chi connectivity index (χ0v) is 15.3. The van der Waals surface area contributed by atoms with Crippen molar-refractivity contribution < 1.29 is 23.9 Å². The molecule has 27 heavy (non-hydrogen) atoms. The average Bonchev–Trinajstić information content (AvgIpc) is 2.88. The number of Topliss-reactive ketones (excluding diaryl/α,β-unsaturated/α-hetero) is 1. The SMILES string of the molecule is CC(=O)c1ccc(OC(=O)[C@@H](C(C)C)N2C(=O)c3ccccc3C2=O)cc1. The van der Waals surface area contributed by atoms with Crippen molar-refractivity contribution in [2.24, 2.45) is 5.92 Å². The van der Waals surface area contributed by atoms with Crippen LogP contribution in [0.1, 0.15) is 51.8 Å². The van der Waals surface area contributed by atoms with E-state index in [-0.39, 0.29) is 28.6 Å². The zero-order chi connectivity index (χ0) is 19.7. The highest BCUT2D eigenvalue weighted by atomic mass is 16.5. The van der Waals surface area contributed by atoms with E-state index in [0.717, 1.165) is 4.90 Å². The van der Waals surface area contributed by atoms with E-state index >= 15 is 0 Å². The fraction of sp³-hybridized carbons (Fsp3) is 0.238. The molecular formula is C21H19NO5. The normalized spacial score (nSPS) is 14.3. The van der Waals surface area contributed by atoms with Gasteiger partial charge in [-0.1, -0.05) is 26.0 Å². The molecule has 1 aliphatic rings. The molecule has 0 aliphatic carbocycles. The van der Waals surface area contributed by atoms with Gasteiger partial charge in [-0.3, -0.25) is 19.3 Å². The average molecular weight is 365 g/mol. The summed E-state index contributed by atoms with van der Waals surface area (Å²) in [6.07, 6.45) is 0. The van der Waals surface area contributed by atoms with Crippen LogP contribution in [0.3, 0.4) is 0 Å². The Kier molecular flexibility index (Phi) is 4.90. The second kappa shape index (κ2) is 7.15. The summed E-state index contributed by atoms with van der Waals surface area (Å²) in [6, 6.07) is 11.6. The maximum atomic E-state index is 12.8. The Bertz CT molecular complexity index is 895. The molecule has 0 spiro atoms. The Hall–Kier alpha value is -3.28. The molecule has 3 rings (SSSR count). The third kappa shape index (κ3) is 3.38. The number of ether oxygens (including phenoxy) is 1. The Balaban J connectivity index is 1.86. The van der Waals surface area contributed by atoms with Gasteiger partial charge in [0.25, 0.3) is 11.8 Å². The molecule has 0 unspecified atom stereocenters. The number of carbonyl (C=O) groups is 4. The first-order chi connectivity index (χ1) is 12.8. The van der Waals surface area contributed by atoms with E-state index in [4.69, 9.17) is 4.74 Å². The number of fused-ring (bicyclic) bond motifs is 1. The third-order valence-corrected chi connectivity index (χ3v) is 4.46. The van der Waals surface area contributed by atoms with Crippen LogP contribution in [-0.4, -0.2) is 34.5 Å². The van der Waals surface area contributed by atoms with Crippen LogP contribution in [0.15, 0.2) is 48.5 Å². The molecule has 0 saturated carbocycles. The molecule has 2 aromatic carbocycles. The smallest absolute Gasteiger partial charge is 0.335 e. The predicted molar refractivity (Wildman–Crippen MR) is 97.6 cm³/mol. The molecular weight excluding hydrogens is 346 g/mol. The number of amides is 2. The number of carbonyl (C=O) groups excluding carboxylic acids is 4. The molecule has 0 saturated heterocycles. The van der Waals surface area contributed by atoms with Gasteiger partial charge in [0.15, 0.2) is 5.78 Å². The predicted octanol–water partition coefficient (Wildman–Crippen LogP) is 3.12. The van der Waals surface area contributed by atoms with Crippen LogP contribution in [0.5, 0.6) is 5.75 Å². The van der Waals surface area contributed by atoms with Gasteiger partial charge in [-0.15, -0.1) is 0 Å². The van der Waals surface area contributed by atoms with Crippen LogP contribution in [0.2, 0.25) is 0 Å². The third-order valence-electron chi connectivity index (χ3n) is 4.46. The number of imide groups is 1. The van der Waals surface area contributed by atoms with Crippen LogP contribution >= 0.6 is 0 Å². The Morgan fingerprint density at radius 1 is 0.889 bits per heavy atom. The van der Waals surface area contributed by atoms with E-state index in [0.29, 0.717) is 5.56 Å². The van der Waals surface area contributed by atoms with Crippen molar-refractivity contribution >= 4 is 23.6 Å². The largest absolute Gasteiger partial charge is 0.425 e. The molecule has 2 aromatic rings. The van der Waals surface area contributed by atoms with Crippen LogP contribution in [-0.2, 0) is 4.79 Å². The molecule has 2 amide bonds. The highest BCUT2D eigenvalue weighted by Gasteiger charge is 2.44. The van der Waals surface area contributed by atoms with Gasteiger partial charge in [0.2, 0.25) is 0 Å². The van der Waals surface area contributed by atoms with Gasteiger partial charge in [-0.05, 0) is 49.2 Å². The molecule has 0 aromatic heterocycles. The van der Waals surface area contributed by atoms with Crippen molar-refractivity contribution in [2.45, 2.75) is 26.8 Å². The number of ketones is 1. The molecule has 6 heteroatoms. The molecule has 0 radical (unpaired) electrons. The summed E-state index contributed by atoms with van der Waals surface area (Å²) in [5.74, 6) is -1.89. The molecule has 0 N–H and O–H groups in total. The Morgan fingerprint density at radius 2 is 1.41 bits per heavy atom. The van der Waals surface area contributed by atoms with Crippen molar-refractivity contribution in [1.82, 2.24) is 4.90 Å². The molecule has 1 aliphatic heterocycles. The summed E-state index contributed by atoms with van der Waals surface area (Å²) < 4.78 is 5.38. The van der Waals surface area contributed by atoms with Gasteiger partial charge in [-0.2, -0.15) is 0 Å². The summed E-state index contributed by atoms with van der Waals surface area (Å²) in [4.78, 5) is 50.5. The van der Waals surface area contributed by atoms with Crippen molar-refractivity contribution in [3.8, 4) is 5.75 Å². The van der Waals surface area contributed by atoms with E-state index < -0.39 is 23.8 Å². The number of hydrogen-bond donors (Lipinski definition) is 0. The van der Waals surface area contributed by atoms with Gasteiger partial charge < -0.3 is 4.74 Å². The minimum Gasteiger partial charge on any atom is -0.425 e. The van der Waals surface area contributed by atoms with Crippen LogP contribution in [0.4, 0.5) is 0 Å². The lowest BCUT2D eigenvalue weighted by Gasteiger charge is -2.27. The highest BCUT2D eigenvalue weighted by molar-refractivity contribution is 6.22. The van der Waals surface area contributed by atoms with E-state index in [1.54, 1.807) is 50.2 Å². The van der Waals surface area contributed by atoms with Crippen LogP contribution in [0, 0.1) is 5.92 Å². The molecule has 1 heterocycles. The van der Waals surface area contributed by atoms with Gasteiger partial charge >= 0.3 is 5.97 Å². The summed E-state index contributed by atoms with van der Waals surface area (Å²) in [7, 11) is 0. The fourth-order valence-corrected chi connectivity index (χ4v) is 3.07. The van der Waals surface area contributed by atoms with Crippen LogP contribution < -0.4 is 4.74 Å². The lowest BCUT2D eigenvalue weighted by atomic mass is 10.0. The van der Waals surface area contributed by atoms with Gasteiger partial charge in [0.1, 0.15) is 11.8 Å². The van der Waals surface area contributed by atoms with Crippen molar-refractivity contribution in [1.29, 1.82) is 0 Å². The van der Waals surface area contributed by atoms with Gasteiger partial charge in [-0.25, -0.2) is 4.79 Å². The van der Waals surface area contributed by atoms with E-state index in [2.05, 4.69) is 0 Å². The van der Waals surface area contributed by atoms with Crippen molar-refractivity contribution in [3.05, 3.63) is 65.2 Å². The standard InChI is InChI=1S/C21H19NO5/c1-12(2)18(21(26)27-15-10-8-14(9-11-15)13(3)23)22-19(24)16-6-4-5-7-17(16)20(22)25/h4-12,18H,1-3H3/t18-/m1/s1. The number of benzene rings is 2. The van der Waals surface area contributed by atoms with Crippen LogP contribution in [0.25, 0.3) is 0 Å².